The number of carbonyl (C=O) groups excluding carboxylic acids is 2. The van der Waals surface area contributed by atoms with E-state index in [0.717, 1.165) is 35.6 Å². The van der Waals surface area contributed by atoms with Crippen molar-refractivity contribution in [2.24, 2.45) is 5.92 Å². The van der Waals surface area contributed by atoms with Crippen molar-refractivity contribution in [2.75, 3.05) is 6.61 Å². The maximum atomic E-state index is 13.7. The topological polar surface area (TPSA) is 46.6 Å². The van der Waals surface area contributed by atoms with Gasteiger partial charge in [0.1, 0.15) is 6.61 Å². The molecule has 0 radical (unpaired) electrons. The third kappa shape index (κ3) is 3.82. The Morgan fingerprint density at radius 3 is 2.05 bits per heavy atom. The monoisotopic (exact) mass is 501 g/mol. The molecule has 7 rings (SSSR count). The number of rotatable bonds is 4. The molecule has 2 unspecified atom stereocenters. The van der Waals surface area contributed by atoms with Crippen LogP contribution in [0.1, 0.15) is 59.5 Å². The number of Topliss-reactive ketones (excluding diaryl/α,β-unsaturated/α-hetero) is 1. The molecule has 2 fully saturated rings. The number of benzene rings is 4. The highest BCUT2D eigenvalue weighted by atomic mass is 16.6. The van der Waals surface area contributed by atoms with Crippen LogP contribution >= 0.6 is 0 Å². The second kappa shape index (κ2) is 9.43. The lowest BCUT2D eigenvalue weighted by molar-refractivity contribution is 0.00654. The Balaban J connectivity index is 1.08. The highest BCUT2D eigenvalue weighted by molar-refractivity contribution is 6.09. The summed E-state index contributed by atoms with van der Waals surface area (Å²) in [6, 6.07) is 31.0. The van der Waals surface area contributed by atoms with E-state index >= 15 is 0 Å². The van der Waals surface area contributed by atoms with E-state index in [1.54, 1.807) is 0 Å². The first-order chi connectivity index (χ1) is 18.7. The van der Waals surface area contributed by atoms with Gasteiger partial charge in [0.25, 0.3) is 0 Å². The van der Waals surface area contributed by atoms with Crippen LogP contribution in [0.2, 0.25) is 0 Å². The van der Waals surface area contributed by atoms with Gasteiger partial charge in [-0.05, 0) is 65.1 Å². The molecule has 0 saturated carbocycles. The Hall–Kier alpha value is -3.92. The van der Waals surface area contributed by atoms with Gasteiger partial charge in [0.05, 0.1) is 0 Å². The average Bonchev–Trinajstić information content (AvgIpc) is 3.28. The summed E-state index contributed by atoms with van der Waals surface area (Å²) in [6.07, 6.45) is 4.15. The minimum absolute atomic E-state index is 0.0525. The lowest BCUT2D eigenvalue weighted by Gasteiger charge is -2.47. The van der Waals surface area contributed by atoms with Gasteiger partial charge in [-0.2, -0.15) is 0 Å². The normalized spacial score (nSPS) is 22.1. The fourth-order valence-electron chi connectivity index (χ4n) is 7.22. The summed E-state index contributed by atoms with van der Waals surface area (Å²) < 4.78 is 6.06. The molecule has 38 heavy (non-hydrogen) atoms. The zero-order valence-electron chi connectivity index (χ0n) is 21.4. The van der Waals surface area contributed by atoms with E-state index in [2.05, 4.69) is 60.7 Å². The molecule has 4 heteroatoms. The van der Waals surface area contributed by atoms with E-state index in [1.807, 2.05) is 35.2 Å². The van der Waals surface area contributed by atoms with Crippen LogP contribution in [0.25, 0.3) is 21.9 Å². The lowest BCUT2D eigenvalue weighted by Crippen LogP contribution is -2.55. The third-order valence-electron chi connectivity index (χ3n) is 8.95. The summed E-state index contributed by atoms with van der Waals surface area (Å²) >= 11 is 0. The zero-order valence-corrected chi connectivity index (χ0v) is 21.4. The summed E-state index contributed by atoms with van der Waals surface area (Å²) in [5.41, 5.74) is 5.71. The number of carbonyl (C=O) groups is 2. The fraction of sp³-hybridized carbons (Fsp3) is 0.294. The van der Waals surface area contributed by atoms with Gasteiger partial charge in [-0.3, -0.25) is 4.79 Å². The van der Waals surface area contributed by atoms with Crippen LogP contribution < -0.4 is 0 Å². The van der Waals surface area contributed by atoms with E-state index in [0.29, 0.717) is 19.4 Å². The van der Waals surface area contributed by atoms with Crippen LogP contribution in [-0.2, 0) is 4.74 Å². The predicted molar refractivity (Wildman–Crippen MR) is 149 cm³/mol. The van der Waals surface area contributed by atoms with Crippen molar-refractivity contribution in [3.05, 3.63) is 108 Å². The van der Waals surface area contributed by atoms with Crippen molar-refractivity contribution in [3.8, 4) is 11.1 Å². The van der Waals surface area contributed by atoms with Gasteiger partial charge >= 0.3 is 6.09 Å². The predicted octanol–water partition coefficient (Wildman–Crippen LogP) is 7.60. The molecule has 1 aliphatic carbocycles. The Labute approximate surface area is 223 Å². The number of piperidine rings is 2. The number of ketones is 1. The minimum atomic E-state index is -0.224. The summed E-state index contributed by atoms with van der Waals surface area (Å²) in [6.45, 7) is 0.334. The molecule has 2 saturated heterocycles. The largest absolute Gasteiger partial charge is 0.448 e. The van der Waals surface area contributed by atoms with Gasteiger partial charge in [-0.15, -0.1) is 0 Å². The van der Waals surface area contributed by atoms with Crippen LogP contribution in [0.4, 0.5) is 4.79 Å². The van der Waals surface area contributed by atoms with Gasteiger partial charge in [-0.25, -0.2) is 4.79 Å². The summed E-state index contributed by atoms with van der Waals surface area (Å²) in [5.74, 6) is 0.205. The number of nitrogens with zero attached hydrogens (tertiary/aromatic N) is 1. The summed E-state index contributed by atoms with van der Waals surface area (Å²) in [7, 11) is 0. The third-order valence-corrected chi connectivity index (χ3v) is 8.95. The van der Waals surface area contributed by atoms with Gasteiger partial charge in [-0.1, -0.05) is 91.0 Å². The number of hydrogen-bond acceptors (Lipinski definition) is 3. The molecule has 4 aromatic carbocycles. The highest BCUT2D eigenvalue weighted by Crippen LogP contribution is 2.45. The molecule has 190 valence electrons. The average molecular weight is 502 g/mol. The number of hydrogen-bond donors (Lipinski definition) is 0. The lowest BCUT2D eigenvalue weighted by atomic mass is 9.75. The quantitative estimate of drug-likeness (QED) is 0.271. The van der Waals surface area contributed by atoms with Crippen LogP contribution in [0.3, 0.4) is 0 Å². The fourth-order valence-corrected chi connectivity index (χ4v) is 7.22. The van der Waals surface area contributed by atoms with Crippen molar-refractivity contribution in [1.82, 2.24) is 4.90 Å². The van der Waals surface area contributed by atoms with Crippen molar-refractivity contribution in [2.45, 2.75) is 50.1 Å². The molecule has 4 nitrogen and oxygen atoms in total. The maximum Gasteiger partial charge on any atom is 0.410 e. The Kier molecular flexibility index (Phi) is 5.76. The van der Waals surface area contributed by atoms with E-state index in [4.69, 9.17) is 4.74 Å². The molecule has 2 heterocycles. The Morgan fingerprint density at radius 2 is 1.34 bits per heavy atom. The van der Waals surface area contributed by atoms with E-state index < -0.39 is 0 Å². The first kappa shape index (κ1) is 23.2. The molecule has 3 aliphatic rings. The molecule has 0 N–H and O–H groups in total. The van der Waals surface area contributed by atoms with E-state index in [1.165, 1.54) is 22.3 Å². The summed E-state index contributed by atoms with van der Waals surface area (Å²) in [5, 5.41) is 2.11. The first-order valence-corrected chi connectivity index (χ1v) is 13.8. The Bertz CT molecular complexity index is 1480. The van der Waals surface area contributed by atoms with Crippen LogP contribution in [0.5, 0.6) is 0 Å². The van der Waals surface area contributed by atoms with Gasteiger partial charge < -0.3 is 9.64 Å². The second-order valence-corrected chi connectivity index (χ2v) is 11.0. The number of amides is 1. The zero-order chi connectivity index (χ0) is 25.6. The highest BCUT2D eigenvalue weighted by Gasteiger charge is 2.44. The van der Waals surface area contributed by atoms with Crippen LogP contribution in [-0.4, -0.2) is 35.5 Å². The molecule has 0 spiro atoms. The molecule has 2 aliphatic heterocycles. The van der Waals surface area contributed by atoms with Crippen molar-refractivity contribution < 1.29 is 14.3 Å². The van der Waals surface area contributed by atoms with Crippen molar-refractivity contribution in [3.63, 3.8) is 0 Å². The van der Waals surface area contributed by atoms with Crippen LogP contribution in [0.15, 0.2) is 91.0 Å². The molecule has 1 amide bonds. The van der Waals surface area contributed by atoms with Gasteiger partial charge in [0.15, 0.2) is 5.78 Å². The molecule has 2 atom stereocenters. The molecule has 0 aromatic heterocycles. The standard InChI is InChI=1S/C34H31NO3/c36-33(31-18-7-10-22-9-1-2-13-26(22)31)23-19-24-11-8-12-25(20-23)35(24)34(37)38-21-32-29-16-5-3-14-27(29)28-15-4-6-17-30(28)32/h1-7,9-10,13-18,23-25,32H,8,11-12,19-21H2. The Morgan fingerprint density at radius 1 is 0.737 bits per heavy atom. The number of fused-ring (bicyclic) bond motifs is 6. The molecular weight excluding hydrogens is 470 g/mol. The molecule has 4 aromatic rings. The second-order valence-electron chi connectivity index (χ2n) is 11.0. The van der Waals surface area contributed by atoms with Gasteiger partial charge in [0, 0.05) is 29.5 Å². The van der Waals surface area contributed by atoms with Crippen LogP contribution in [0, 0.1) is 5.92 Å². The van der Waals surface area contributed by atoms with E-state index in [9.17, 15) is 9.59 Å². The first-order valence-electron chi connectivity index (χ1n) is 13.8. The maximum absolute atomic E-state index is 13.7. The summed E-state index contributed by atoms with van der Waals surface area (Å²) in [4.78, 5) is 29.2. The number of ether oxygens (including phenoxy) is 1. The van der Waals surface area contributed by atoms with Crippen molar-refractivity contribution in [1.29, 1.82) is 0 Å². The van der Waals surface area contributed by atoms with Crippen molar-refractivity contribution >= 4 is 22.6 Å². The van der Waals surface area contributed by atoms with Gasteiger partial charge in [0.2, 0.25) is 0 Å². The molecular formula is C34H31NO3. The van der Waals surface area contributed by atoms with E-state index in [-0.39, 0.29) is 35.8 Å². The minimum Gasteiger partial charge on any atom is -0.448 e. The smallest absolute Gasteiger partial charge is 0.410 e. The SMILES string of the molecule is O=C(c1cccc2ccccc12)C1CC2CCCC(C1)N2C(=O)OCC1c2ccccc2-c2ccccc21. The molecule has 2 bridgehead atoms.